The fraction of sp³-hybridized carbons (Fsp3) is 0.474. The van der Waals surface area contributed by atoms with E-state index in [1.807, 2.05) is 19.1 Å². The first-order chi connectivity index (χ1) is 14.3. The monoisotopic (exact) mass is 450 g/mol. The van der Waals surface area contributed by atoms with Crippen molar-refractivity contribution in [3.8, 4) is 0 Å². The molecule has 1 fully saturated rings. The number of sulfone groups is 1. The third-order valence-electron chi connectivity index (χ3n) is 5.19. The van der Waals surface area contributed by atoms with Gasteiger partial charge in [-0.25, -0.2) is 8.42 Å². The Morgan fingerprint density at radius 3 is 2.90 bits per heavy atom. The Balaban J connectivity index is 1.40. The summed E-state index contributed by atoms with van der Waals surface area (Å²) >= 11 is 1.13. The van der Waals surface area contributed by atoms with Gasteiger partial charge < -0.3 is 14.6 Å². The molecule has 3 heterocycles. The summed E-state index contributed by atoms with van der Waals surface area (Å²) in [7, 11) is -2.95. The zero-order valence-corrected chi connectivity index (χ0v) is 18.0. The maximum Gasteiger partial charge on any atom is 0.277 e. The number of aromatic nitrogens is 2. The van der Waals surface area contributed by atoms with E-state index in [0.29, 0.717) is 30.1 Å². The van der Waals surface area contributed by atoms with Crippen molar-refractivity contribution < 1.29 is 22.4 Å². The van der Waals surface area contributed by atoms with E-state index >= 15 is 0 Å². The van der Waals surface area contributed by atoms with Gasteiger partial charge in [-0.1, -0.05) is 23.9 Å². The van der Waals surface area contributed by atoms with Crippen molar-refractivity contribution >= 4 is 44.8 Å². The summed E-state index contributed by atoms with van der Waals surface area (Å²) < 4.78 is 28.8. The molecule has 0 aliphatic carbocycles. The van der Waals surface area contributed by atoms with Crippen LogP contribution in [-0.4, -0.2) is 53.7 Å². The number of carbonyl (C=O) groups excluding carboxylic acids is 2. The second-order valence-electron chi connectivity index (χ2n) is 7.61. The third kappa shape index (κ3) is 4.67. The first kappa shape index (κ1) is 20.9. The van der Waals surface area contributed by atoms with E-state index in [4.69, 9.17) is 4.42 Å². The Morgan fingerprint density at radius 1 is 1.33 bits per heavy atom. The number of anilines is 2. The van der Waals surface area contributed by atoms with Gasteiger partial charge in [0, 0.05) is 18.9 Å². The fourth-order valence-corrected chi connectivity index (χ4v) is 6.32. The van der Waals surface area contributed by atoms with Gasteiger partial charge in [-0.15, -0.1) is 10.2 Å². The van der Waals surface area contributed by atoms with Crippen LogP contribution in [0.25, 0.3) is 0 Å². The average molecular weight is 451 g/mol. The quantitative estimate of drug-likeness (QED) is 0.686. The molecule has 11 heteroatoms. The summed E-state index contributed by atoms with van der Waals surface area (Å²) in [5, 5.41) is 11.0. The van der Waals surface area contributed by atoms with Crippen molar-refractivity contribution in [3.05, 3.63) is 30.2 Å². The molecule has 2 amide bonds. The van der Waals surface area contributed by atoms with Crippen molar-refractivity contribution in [2.24, 2.45) is 5.92 Å². The summed E-state index contributed by atoms with van der Waals surface area (Å²) in [4.78, 5) is 26.7. The van der Waals surface area contributed by atoms with E-state index in [1.165, 1.54) is 0 Å². The molecule has 0 unspecified atom stereocenters. The summed E-state index contributed by atoms with van der Waals surface area (Å²) in [5.74, 6) is 0.507. The van der Waals surface area contributed by atoms with Crippen LogP contribution in [0.15, 0.2) is 33.9 Å². The fourth-order valence-electron chi connectivity index (χ4n) is 3.82. The van der Waals surface area contributed by atoms with Crippen LogP contribution in [0.5, 0.6) is 0 Å². The highest BCUT2D eigenvalue weighted by Crippen LogP contribution is 2.32. The van der Waals surface area contributed by atoms with E-state index in [1.54, 1.807) is 17.0 Å². The highest BCUT2D eigenvalue weighted by molar-refractivity contribution is 7.99. The third-order valence-corrected chi connectivity index (χ3v) is 7.83. The molecule has 1 aromatic carbocycles. The molecule has 2 atom stereocenters. The largest absolute Gasteiger partial charge is 0.416 e. The van der Waals surface area contributed by atoms with Crippen molar-refractivity contribution in [2.45, 2.75) is 37.5 Å². The minimum atomic E-state index is -2.95. The van der Waals surface area contributed by atoms with Gasteiger partial charge in [0.15, 0.2) is 9.84 Å². The number of nitrogens with zero attached hydrogens (tertiary/aromatic N) is 3. The molecule has 1 saturated heterocycles. The predicted octanol–water partition coefficient (Wildman–Crippen LogP) is 1.90. The van der Waals surface area contributed by atoms with Gasteiger partial charge in [-0.2, -0.15) is 0 Å². The lowest BCUT2D eigenvalue weighted by atomic mass is 10.1. The molecule has 0 saturated carbocycles. The Bertz CT molecular complexity index is 1070. The van der Waals surface area contributed by atoms with Crippen molar-refractivity contribution in [1.29, 1.82) is 0 Å². The number of hydrogen-bond donors (Lipinski definition) is 1. The summed E-state index contributed by atoms with van der Waals surface area (Å²) in [5.41, 5.74) is 1.27. The molecule has 1 N–H and O–H groups in total. The Kier molecular flexibility index (Phi) is 5.83. The summed E-state index contributed by atoms with van der Waals surface area (Å²) in [6, 6.07) is 6.92. The topological polar surface area (TPSA) is 122 Å². The van der Waals surface area contributed by atoms with E-state index in [-0.39, 0.29) is 52.7 Å². The molecule has 9 nitrogen and oxygen atoms in total. The molecule has 2 aromatic rings. The molecule has 2 aliphatic rings. The number of carbonyl (C=O) groups is 2. The molecule has 1 aromatic heterocycles. The number of thioether (sulfide) groups is 1. The average Bonchev–Trinajstić information content (AvgIpc) is 3.23. The standard InChI is InChI=1S/C19H22N4O5S2/c1-12-8-16(24)20-14-4-2-3-5-15(14)23(12)18(25)10-29-19-22-21-17(28-19)9-13-6-7-30(26,27)11-13/h2-5,12-13H,6-11H2,1H3,(H,20,24)/t12-,13-/m1/s1. The lowest BCUT2D eigenvalue weighted by molar-refractivity contribution is -0.117. The van der Waals surface area contributed by atoms with Crippen LogP contribution in [0.1, 0.15) is 25.7 Å². The summed E-state index contributed by atoms with van der Waals surface area (Å²) in [6.45, 7) is 1.84. The Morgan fingerprint density at radius 2 is 2.13 bits per heavy atom. The lowest BCUT2D eigenvalue weighted by Crippen LogP contribution is -2.40. The molecule has 30 heavy (non-hydrogen) atoms. The molecule has 160 valence electrons. The minimum absolute atomic E-state index is 0.00517. The summed E-state index contributed by atoms with van der Waals surface area (Å²) in [6.07, 6.45) is 1.23. The van der Waals surface area contributed by atoms with Gasteiger partial charge in [-0.3, -0.25) is 9.59 Å². The highest BCUT2D eigenvalue weighted by atomic mass is 32.2. The molecule has 0 spiro atoms. The van der Waals surface area contributed by atoms with Crippen molar-refractivity contribution in [2.75, 3.05) is 27.5 Å². The van der Waals surface area contributed by atoms with E-state index in [0.717, 1.165) is 11.8 Å². The second-order valence-corrected chi connectivity index (χ2v) is 10.8. The number of nitrogens with one attached hydrogen (secondary N) is 1. The van der Waals surface area contributed by atoms with Crippen LogP contribution in [0.4, 0.5) is 11.4 Å². The lowest BCUT2D eigenvalue weighted by Gasteiger charge is -2.27. The first-order valence-corrected chi connectivity index (χ1v) is 12.5. The van der Waals surface area contributed by atoms with Crippen LogP contribution in [0.3, 0.4) is 0 Å². The van der Waals surface area contributed by atoms with Crippen LogP contribution in [0.2, 0.25) is 0 Å². The van der Waals surface area contributed by atoms with Crippen LogP contribution < -0.4 is 10.2 Å². The van der Waals surface area contributed by atoms with Gasteiger partial charge in [0.2, 0.25) is 17.7 Å². The maximum atomic E-state index is 13.0. The molecule has 4 rings (SSSR count). The Labute approximate surface area is 178 Å². The molecular formula is C19H22N4O5S2. The number of benzene rings is 1. The van der Waals surface area contributed by atoms with Gasteiger partial charge in [0.05, 0.1) is 28.6 Å². The van der Waals surface area contributed by atoms with Crippen molar-refractivity contribution in [1.82, 2.24) is 10.2 Å². The number of rotatable bonds is 5. The molecular weight excluding hydrogens is 428 g/mol. The number of para-hydroxylation sites is 2. The Hall–Kier alpha value is -2.40. The van der Waals surface area contributed by atoms with E-state index < -0.39 is 9.84 Å². The highest BCUT2D eigenvalue weighted by Gasteiger charge is 2.31. The SMILES string of the molecule is C[C@@H]1CC(=O)Nc2ccccc2N1C(=O)CSc1nnc(C[C@H]2CCS(=O)(=O)C2)o1. The zero-order valence-electron chi connectivity index (χ0n) is 16.4. The molecule has 0 bridgehead atoms. The molecule has 0 radical (unpaired) electrons. The van der Waals surface area contributed by atoms with Crippen LogP contribution >= 0.6 is 11.8 Å². The first-order valence-electron chi connectivity index (χ1n) is 9.67. The minimum Gasteiger partial charge on any atom is -0.416 e. The van der Waals surface area contributed by atoms with Gasteiger partial charge in [-0.05, 0) is 31.4 Å². The van der Waals surface area contributed by atoms with E-state index in [9.17, 15) is 18.0 Å². The number of amides is 2. The maximum absolute atomic E-state index is 13.0. The smallest absolute Gasteiger partial charge is 0.277 e. The number of fused-ring (bicyclic) bond motifs is 1. The van der Waals surface area contributed by atoms with E-state index in [2.05, 4.69) is 15.5 Å². The van der Waals surface area contributed by atoms with Crippen molar-refractivity contribution in [3.63, 3.8) is 0 Å². The van der Waals surface area contributed by atoms with Gasteiger partial charge in [0.25, 0.3) is 5.22 Å². The molecule has 2 aliphatic heterocycles. The normalized spacial score (nSPS) is 23.0. The van der Waals surface area contributed by atoms with Crippen LogP contribution in [-0.2, 0) is 25.8 Å². The zero-order chi connectivity index (χ0) is 21.3. The van der Waals surface area contributed by atoms with Crippen LogP contribution in [0, 0.1) is 5.92 Å². The van der Waals surface area contributed by atoms with Gasteiger partial charge in [0.1, 0.15) is 0 Å². The number of hydrogen-bond acceptors (Lipinski definition) is 8. The van der Waals surface area contributed by atoms with Gasteiger partial charge >= 0.3 is 0 Å². The predicted molar refractivity (Wildman–Crippen MR) is 112 cm³/mol. The second kappa shape index (κ2) is 8.38.